The van der Waals surface area contributed by atoms with Crippen molar-refractivity contribution >= 4 is 22.7 Å². The molecule has 6 heteroatoms. The summed E-state index contributed by atoms with van der Waals surface area (Å²) in [5.74, 6) is 0.0464. The van der Waals surface area contributed by atoms with Crippen LogP contribution in [0.25, 0.3) is 10.9 Å². The van der Waals surface area contributed by atoms with Gasteiger partial charge in [0.25, 0.3) is 11.8 Å². The fraction of sp³-hybridized carbons (Fsp3) is 0.385. The minimum atomic E-state index is -2.35. The van der Waals surface area contributed by atoms with Crippen LogP contribution < -0.4 is 4.74 Å². The molecule has 0 radical (unpaired) electrons. The first-order valence-corrected chi connectivity index (χ1v) is 11.1. The van der Waals surface area contributed by atoms with E-state index in [1.54, 1.807) is 42.6 Å². The van der Waals surface area contributed by atoms with Gasteiger partial charge in [0.15, 0.2) is 0 Å². The van der Waals surface area contributed by atoms with Gasteiger partial charge in [0.2, 0.25) is 0 Å². The molecule has 6 nitrogen and oxygen atoms in total. The zero-order chi connectivity index (χ0) is 26.4. The number of hydrogen-bond acceptors (Lipinski definition) is 4. The molecule has 1 fully saturated rings. The number of likely N-dealkylation sites (N-methyl/N-ethyl adjacent to an activating group) is 1. The van der Waals surface area contributed by atoms with Crippen LogP contribution in [-0.2, 0) is 6.37 Å². The third-order valence-corrected chi connectivity index (χ3v) is 6.15. The second-order valence-electron chi connectivity index (χ2n) is 8.27. The lowest BCUT2D eigenvalue weighted by molar-refractivity contribution is 0.0649. The molecule has 1 aromatic heterocycles. The highest BCUT2D eigenvalue weighted by atomic mass is 16.5. The number of benzene rings is 2. The number of H-pyrrole nitrogens is 1. The van der Waals surface area contributed by atoms with E-state index >= 15 is 0 Å². The van der Waals surface area contributed by atoms with Crippen LogP contribution in [0.4, 0.5) is 0 Å². The summed E-state index contributed by atoms with van der Waals surface area (Å²) in [7, 11) is 0. The molecular weight excluding hydrogens is 402 g/mol. The Balaban J connectivity index is 1.21. The first kappa shape index (κ1) is 15.6. The molecule has 5 rings (SSSR count). The fourth-order valence-corrected chi connectivity index (χ4v) is 4.41. The van der Waals surface area contributed by atoms with Gasteiger partial charge in [-0.2, -0.15) is 0 Å². The maximum absolute atomic E-state index is 12.5. The number of unbranched alkanes of at least 4 members (excludes halogenated alkanes) is 1. The molecule has 2 amide bonds. The number of carbonyl (C=O) groups excluding carboxylic acids is 2. The summed E-state index contributed by atoms with van der Waals surface area (Å²) < 4.78 is 47.0. The van der Waals surface area contributed by atoms with Crippen LogP contribution in [0.5, 0.6) is 5.75 Å². The number of hydrogen-bond donors (Lipinski definition) is 1. The van der Waals surface area contributed by atoms with Crippen LogP contribution >= 0.6 is 0 Å². The average molecular weight is 437 g/mol. The van der Waals surface area contributed by atoms with Gasteiger partial charge in [0.05, 0.1) is 17.7 Å². The highest BCUT2D eigenvalue weighted by molar-refractivity contribution is 6.21. The van der Waals surface area contributed by atoms with Crippen molar-refractivity contribution in [2.24, 2.45) is 0 Å². The molecule has 3 aromatic rings. The van der Waals surface area contributed by atoms with Gasteiger partial charge in [-0.05, 0) is 81.5 Å². The molecule has 0 spiro atoms. The van der Waals surface area contributed by atoms with Crippen LogP contribution in [0.1, 0.15) is 58.8 Å². The summed E-state index contributed by atoms with van der Waals surface area (Å²) in [6, 6.07) is 11.5. The molecule has 2 aromatic carbocycles. The Morgan fingerprint density at radius 3 is 2.75 bits per heavy atom. The summed E-state index contributed by atoms with van der Waals surface area (Å²) in [6.45, 7) is -1.31. The summed E-state index contributed by atoms with van der Waals surface area (Å²) >= 11 is 0. The van der Waals surface area contributed by atoms with E-state index in [1.807, 2.05) is 6.07 Å². The predicted octanol–water partition coefficient (Wildman–Crippen LogP) is 4.26. The first-order chi connectivity index (χ1) is 17.6. The summed E-state index contributed by atoms with van der Waals surface area (Å²) in [5.41, 5.74) is 2.05. The number of imide groups is 1. The zero-order valence-corrected chi connectivity index (χ0v) is 17.8. The van der Waals surface area contributed by atoms with Crippen LogP contribution in [0, 0.1) is 0 Å². The Morgan fingerprint density at radius 1 is 1.16 bits per heavy atom. The zero-order valence-electron chi connectivity index (χ0n) is 22.8. The van der Waals surface area contributed by atoms with Crippen molar-refractivity contribution in [3.8, 4) is 5.75 Å². The third-order valence-electron chi connectivity index (χ3n) is 6.15. The molecule has 0 bridgehead atoms. The molecule has 2 aliphatic heterocycles. The number of rotatable bonds is 8. The number of amides is 2. The van der Waals surface area contributed by atoms with Gasteiger partial charge in [-0.3, -0.25) is 14.5 Å². The number of fused-ring (bicyclic) bond motifs is 2. The highest BCUT2D eigenvalue weighted by Gasteiger charge is 2.34. The molecule has 32 heavy (non-hydrogen) atoms. The van der Waals surface area contributed by atoms with Gasteiger partial charge in [0, 0.05) is 36.5 Å². The van der Waals surface area contributed by atoms with E-state index in [0.29, 0.717) is 73.2 Å². The SMILES string of the molecule is [2H]C([2H])(c1c[nH]c2ccc(OCCCCN3C(=O)c4ccccc4C3=O)cc12)[C@H]1CCCN1C([2H])([2H])[2H]. The molecule has 0 unspecified atom stereocenters. The van der Waals surface area contributed by atoms with E-state index in [0.717, 1.165) is 5.52 Å². The molecule has 1 saturated heterocycles. The lowest BCUT2D eigenvalue weighted by atomic mass is 10.0. The van der Waals surface area contributed by atoms with Crippen molar-refractivity contribution < 1.29 is 21.2 Å². The summed E-state index contributed by atoms with van der Waals surface area (Å²) in [5, 5.41) is 0.658. The predicted molar refractivity (Wildman–Crippen MR) is 124 cm³/mol. The first-order valence-electron chi connectivity index (χ1n) is 13.6. The Morgan fingerprint density at radius 2 is 1.97 bits per heavy atom. The Hall–Kier alpha value is -3.12. The average Bonchev–Trinajstić information content (AvgIpc) is 3.58. The monoisotopic (exact) mass is 436 g/mol. The third kappa shape index (κ3) is 3.91. The van der Waals surface area contributed by atoms with E-state index in [1.165, 1.54) is 9.80 Å². The summed E-state index contributed by atoms with van der Waals surface area (Å²) in [6.07, 6.45) is 2.09. The van der Waals surface area contributed by atoms with E-state index < -0.39 is 19.4 Å². The Bertz CT molecular complexity index is 1300. The van der Waals surface area contributed by atoms with E-state index in [9.17, 15) is 9.59 Å². The van der Waals surface area contributed by atoms with Gasteiger partial charge in [-0.1, -0.05) is 12.1 Å². The van der Waals surface area contributed by atoms with Gasteiger partial charge in [-0.15, -0.1) is 0 Å². The number of aromatic nitrogens is 1. The minimum Gasteiger partial charge on any atom is -0.494 e. The molecule has 2 aliphatic rings. The molecule has 0 aliphatic carbocycles. The van der Waals surface area contributed by atoms with Gasteiger partial charge in [0.1, 0.15) is 5.75 Å². The molecule has 3 heterocycles. The topological polar surface area (TPSA) is 65.6 Å². The smallest absolute Gasteiger partial charge is 0.261 e. The standard InChI is InChI=1S/C26H29N3O3/c1-28-12-6-7-19(28)15-18-17-27-24-11-10-20(16-23(18)24)32-14-5-4-13-29-25(30)21-8-2-3-9-22(21)26(29)31/h2-3,8-11,16-17,19,27H,4-7,12-15H2,1H3/t19-/m1/s1/i1D3,15D2. The molecular formula is C26H29N3O3. The van der Waals surface area contributed by atoms with Gasteiger partial charge < -0.3 is 14.6 Å². The Kier molecular flexibility index (Phi) is 4.30. The molecule has 1 N–H and O–H groups in total. The number of ether oxygens (including phenoxy) is 1. The normalized spacial score (nSPS) is 21.8. The Labute approximate surface area is 195 Å². The fourth-order valence-electron chi connectivity index (χ4n) is 4.41. The second-order valence-corrected chi connectivity index (χ2v) is 8.27. The molecule has 166 valence electrons. The van der Waals surface area contributed by atoms with Crippen molar-refractivity contribution in [1.29, 1.82) is 0 Å². The quantitative estimate of drug-likeness (QED) is 0.423. The number of likely N-dealkylation sites (tertiary alicyclic amines) is 1. The lowest BCUT2D eigenvalue weighted by Crippen LogP contribution is -2.30. The number of aromatic amines is 1. The van der Waals surface area contributed by atoms with Crippen molar-refractivity contribution in [1.82, 2.24) is 14.8 Å². The van der Waals surface area contributed by atoms with Crippen LogP contribution in [0.3, 0.4) is 0 Å². The number of carbonyl (C=O) groups is 2. The van der Waals surface area contributed by atoms with Gasteiger partial charge in [-0.25, -0.2) is 0 Å². The lowest BCUT2D eigenvalue weighted by Gasteiger charge is -2.18. The maximum atomic E-state index is 12.5. The van der Waals surface area contributed by atoms with E-state index in [4.69, 9.17) is 11.6 Å². The van der Waals surface area contributed by atoms with Crippen molar-refractivity contribution in [3.63, 3.8) is 0 Å². The highest BCUT2D eigenvalue weighted by Crippen LogP contribution is 2.28. The van der Waals surface area contributed by atoms with Crippen molar-refractivity contribution in [2.45, 2.75) is 38.1 Å². The second kappa shape index (κ2) is 8.79. The number of nitrogens with one attached hydrogen (secondary N) is 1. The van der Waals surface area contributed by atoms with E-state index in [-0.39, 0.29) is 11.8 Å². The summed E-state index contributed by atoms with van der Waals surface area (Å²) in [4.78, 5) is 30.6. The largest absolute Gasteiger partial charge is 0.494 e. The van der Waals surface area contributed by atoms with E-state index in [2.05, 4.69) is 4.98 Å². The number of nitrogens with zero attached hydrogens (tertiary/aromatic N) is 2. The van der Waals surface area contributed by atoms with Crippen LogP contribution in [0.15, 0.2) is 48.7 Å². The van der Waals surface area contributed by atoms with Crippen molar-refractivity contribution in [3.05, 3.63) is 65.4 Å². The maximum Gasteiger partial charge on any atom is 0.261 e. The van der Waals surface area contributed by atoms with Crippen LogP contribution in [-0.4, -0.2) is 59.3 Å². The molecule has 0 saturated carbocycles. The molecule has 1 atom stereocenters. The van der Waals surface area contributed by atoms with Crippen molar-refractivity contribution in [2.75, 3.05) is 26.7 Å². The minimum absolute atomic E-state index is 0.263. The van der Waals surface area contributed by atoms with Gasteiger partial charge >= 0.3 is 0 Å². The van der Waals surface area contributed by atoms with Crippen LogP contribution in [0.2, 0.25) is 0 Å².